The molecule has 0 saturated heterocycles. The van der Waals surface area contributed by atoms with Crippen molar-refractivity contribution in [1.82, 2.24) is 5.43 Å². The molecule has 0 aliphatic heterocycles. The number of carbonyl (C=O) groups is 1. The molecule has 1 amide bonds. The van der Waals surface area contributed by atoms with E-state index < -0.39 is 5.91 Å². The van der Waals surface area contributed by atoms with Gasteiger partial charge in [0.2, 0.25) is 0 Å². The summed E-state index contributed by atoms with van der Waals surface area (Å²) < 4.78 is 0.703. The van der Waals surface area contributed by atoms with Crippen molar-refractivity contribution in [2.75, 3.05) is 0 Å². The van der Waals surface area contributed by atoms with E-state index in [1.54, 1.807) is 18.3 Å². The van der Waals surface area contributed by atoms with Crippen LogP contribution in [0.5, 0.6) is 5.75 Å². The van der Waals surface area contributed by atoms with Crippen molar-refractivity contribution in [2.24, 2.45) is 5.10 Å². The third-order valence-electron chi connectivity index (χ3n) is 4.38. The van der Waals surface area contributed by atoms with Crippen molar-refractivity contribution >= 4 is 49.6 Å². The van der Waals surface area contributed by atoms with E-state index in [2.05, 4.69) is 44.7 Å². The number of rotatable bonds is 3. The van der Waals surface area contributed by atoms with Crippen molar-refractivity contribution in [2.45, 2.75) is 0 Å². The second-order valence-electron chi connectivity index (χ2n) is 6.09. The highest BCUT2D eigenvalue weighted by molar-refractivity contribution is 9.10. The first kappa shape index (κ1) is 17.2. The molecule has 0 aliphatic rings. The normalized spacial score (nSPS) is 11.3. The van der Waals surface area contributed by atoms with E-state index in [4.69, 9.17) is 0 Å². The summed E-state index contributed by atoms with van der Waals surface area (Å²) in [6, 6.07) is 22.9. The first-order valence-corrected chi connectivity index (χ1v) is 9.15. The van der Waals surface area contributed by atoms with Crippen LogP contribution in [0.3, 0.4) is 0 Å². The predicted molar refractivity (Wildman–Crippen MR) is 112 cm³/mol. The molecular weight excluding hydrogens is 404 g/mol. The summed E-state index contributed by atoms with van der Waals surface area (Å²) in [7, 11) is 0. The van der Waals surface area contributed by atoms with Gasteiger partial charge < -0.3 is 5.11 Å². The number of phenols is 1. The zero-order valence-corrected chi connectivity index (χ0v) is 15.8. The van der Waals surface area contributed by atoms with Crippen molar-refractivity contribution in [3.05, 3.63) is 88.4 Å². The quantitative estimate of drug-likeness (QED) is 0.272. The van der Waals surface area contributed by atoms with E-state index in [0.717, 1.165) is 27.1 Å². The van der Waals surface area contributed by atoms with Gasteiger partial charge in [-0.2, -0.15) is 5.10 Å². The Hall–Kier alpha value is -3.18. The first-order valence-electron chi connectivity index (χ1n) is 8.36. The number of hydrogen-bond acceptors (Lipinski definition) is 3. The number of hydrazone groups is 1. The Kier molecular flexibility index (Phi) is 4.60. The highest BCUT2D eigenvalue weighted by Crippen LogP contribution is 2.27. The zero-order valence-electron chi connectivity index (χ0n) is 14.2. The summed E-state index contributed by atoms with van der Waals surface area (Å²) in [6.07, 6.45) is 1.65. The van der Waals surface area contributed by atoms with Gasteiger partial charge in [-0.05, 0) is 45.8 Å². The molecule has 0 bridgehead atoms. The molecule has 4 aromatic carbocycles. The molecule has 4 aromatic rings. The number of hydrogen-bond donors (Lipinski definition) is 2. The van der Waals surface area contributed by atoms with Crippen LogP contribution in [0.15, 0.2) is 82.4 Å². The van der Waals surface area contributed by atoms with Crippen molar-refractivity contribution in [1.29, 1.82) is 0 Å². The molecule has 27 heavy (non-hydrogen) atoms. The average Bonchev–Trinajstić information content (AvgIpc) is 2.69. The van der Waals surface area contributed by atoms with E-state index in [1.165, 1.54) is 6.07 Å². The molecule has 0 atom stereocenters. The van der Waals surface area contributed by atoms with E-state index in [1.807, 2.05) is 36.4 Å². The van der Waals surface area contributed by atoms with Crippen LogP contribution < -0.4 is 5.43 Å². The van der Waals surface area contributed by atoms with Gasteiger partial charge in [0.1, 0.15) is 5.75 Å². The van der Waals surface area contributed by atoms with Crippen molar-refractivity contribution in [3.63, 3.8) is 0 Å². The molecule has 2 N–H and O–H groups in total. The van der Waals surface area contributed by atoms with E-state index in [-0.39, 0.29) is 11.3 Å². The van der Waals surface area contributed by atoms with Gasteiger partial charge in [0.15, 0.2) is 0 Å². The molecule has 0 fully saturated rings. The van der Waals surface area contributed by atoms with Crippen LogP contribution in [0.1, 0.15) is 15.9 Å². The molecule has 0 aliphatic carbocycles. The molecule has 0 aromatic heterocycles. The number of carbonyl (C=O) groups excluding carboxylic acids is 1. The second-order valence-corrected chi connectivity index (χ2v) is 7.01. The summed E-state index contributed by atoms with van der Waals surface area (Å²) in [5.74, 6) is -0.573. The molecule has 4 rings (SSSR count). The Morgan fingerprint density at radius 1 is 0.926 bits per heavy atom. The van der Waals surface area contributed by atoms with Crippen molar-refractivity contribution < 1.29 is 9.90 Å². The highest BCUT2D eigenvalue weighted by atomic mass is 79.9. The third-order valence-corrected chi connectivity index (χ3v) is 4.87. The summed E-state index contributed by atoms with van der Waals surface area (Å²) in [5.41, 5.74) is 3.58. The van der Waals surface area contributed by atoms with Crippen LogP contribution in [0.2, 0.25) is 0 Å². The zero-order chi connectivity index (χ0) is 18.8. The van der Waals surface area contributed by atoms with E-state index >= 15 is 0 Å². The van der Waals surface area contributed by atoms with Gasteiger partial charge in [-0.25, -0.2) is 5.43 Å². The summed E-state index contributed by atoms with van der Waals surface area (Å²) >= 11 is 3.29. The van der Waals surface area contributed by atoms with E-state index in [0.29, 0.717) is 4.47 Å². The maximum absolute atomic E-state index is 12.3. The molecule has 0 saturated carbocycles. The number of halogens is 1. The molecule has 5 heteroatoms. The summed E-state index contributed by atoms with van der Waals surface area (Å²) in [5, 5.41) is 18.3. The SMILES string of the molecule is O=C(N/N=C\c1c2ccccc2cc2ccccc12)c1cc(Br)ccc1O. The van der Waals surface area contributed by atoms with Gasteiger partial charge >= 0.3 is 0 Å². The van der Waals surface area contributed by atoms with Crippen molar-refractivity contribution in [3.8, 4) is 5.75 Å². The number of nitrogens with one attached hydrogen (secondary N) is 1. The fraction of sp³-hybridized carbons (Fsp3) is 0. The maximum atomic E-state index is 12.3. The summed E-state index contributed by atoms with van der Waals surface area (Å²) in [6.45, 7) is 0. The molecule has 132 valence electrons. The minimum atomic E-state index is -0.477. The highest BCUT2D eigenvalue weighted by Gasteiger charge is 2.11. The summed E-state index contributed by atoms with van der Waals surface area (Å²) in [4.78, 5) is 12.3. The Bertz CT molecular complexity index is 1150. The number of aromatic hydroxyl groups is 1. The second kappa shape index (κ2) is 7.21. The largest absolute Gasteiger partial charge is 0.507 e. The first-order chi connectivity index (χ1) is 13.1. The van der Waals surface area contributed by atoms with Crippen LogP contribution in [-0.2, 0) is 0 Å². The molecule has 0 unspecified atom stereocenters. The van der Waals surface area contributed by atoms with Crippen LogP contribution in [0, 0.1) is 0 Å². The standard InChI is InChI=1S/C22H15BrN2O2/c23-16-9-10-21(26)19(12-16)22(27)25-24-13-20-17-7-3-1-5-14(17)11-15-6-2-4-8-18(15)20/h1-13,26H,(H,25,27)/b24-13-. The van der Waals surface area contributed by atoms with E-state index in [9.17, 15) is 9.90 Å². The molecule has 0 radical (unpaired) electrons. The average molecular weight is 419 g/mol. The minimum absolute atomic E-state index is 0.0958. The number of benzene rings is 4. The van der Waals surface area contributed by atoms with Gasteiger partial charge in [-0.15, -0.1) is 0 Å². The molecule has 4 nitrogen and oxygen atoms in total. The number of phenolic OH excluding ortho intramolecular Hbond substituents is 1. The number of fused-ring (bicyclic) bond motifs is 2. The predicted octanol–water partition coefficient (Wildman–Crippen LogP) is 5.23. The third kappa shape index (κ3) is 3.41. The van der Waals surface area contributed by atoms with Gasteiger partial charge in [0.05, 0.1) is 11.8 Å². The van der Waals surface area contributed by atoms with Crippen LogP contribution in [0.25, 0.3) is 21.5 Å². The van der Waals surface area contributed by atoms with Gasteiger partial charge in [0, 0.05) is 10.0 Å². The minimum Gasteiger partial charge on any atom is -0.507 e. The fourth-order valence-corrected chi connectivity index (χ4v) is 3.45. The Balaban J connectivity index is 1.72. The lowest BCUT2D eigenvalue weighted by Gasteiger charge is -2.08. The molecular formula is C22H15BrN2O2. The lowest BCUT2D eigenvalue weighted by molar-refractivity contribution is 0.0952. The molecule has 0 heterocycles. The fourth-order valence-electron chi connectivity index (χ4n) is 3.09. The van der Waals surface area contributed by atoms with Crippen LogP contribution in [-0.4, -0.2) is 17.2 Å². The maximum Gasteiger partial charge on any atom is 0.275 e. The Morgan fingerprint density at radius 2 is 1.56 bits per heavy atom. The van der Waals surface area contributed by atoms with Crippen LogP contribution in [0.4, 0.5) is 0 Å². The number of amides is 1. The van der Waals surface area contributed by atoms with Crippen LogP contribution >= 0.6 is 15.9 Å². The molecule has 0 spiro atoms. The smallest absolute Gasteiger partial charge is 0.275 e. The monoisotopic (exact) mass is 418 g/mol. The Morgan fingerprint density at radius 3 is 2.22 bits per heavy atom. The van der Waals surface area contributed by atoms with Gasteiger partial charge in [-0.1, -0.05) is 64.5 Å². The topological polar surface area (TPSA) is 61.7 Å². The van der Waals surface area contributed by atoms with Gasteiger partial charge in [0.25, 0.3) is 5.91 Å². The van der Waals surface area contributed by atoms with Gasteiger partial charge in [-0.3, -0.25) is 4.79 Å². The number of nitrogens with zero attached hydrogens (tertiary/aromatic N) is 1. The Labute approximate surface area is 164 Å². The lowest BCUT2D eigenvalue weighted by atomic mass is 9.97. The lowest BCUT2D eigenvalue weighted by Crippen LogP contribution is -2.17.